The maximum Gasteiger partial charge on any atom is 0.127 e. The smallest absolute Gasteiger partial charge is 0.127 e. The molecule has 0 radical (unpaired) electrons. The number of phenols is 1. The number of rotatable bonds is 1. The fraction of sp³-hybridized carbons (Fsp3) is 0.200. The van der Waals surface area contributed by atoms with Crippen molar-refractivity contribution in [1.82, 2.24) is 0 Å². The lowest BCUT2D eigenvalue weighted by Crippen LogP contribution is -2.11. The summed E-state index contributed by atoms with van der Waals surface area (Å²) in [6, 6.07) is 20.5. The zero-order valence-corrected chi connectivity index (χ0v) is 12.7. The second-order valence-corrected chi connectivity index (χ2v) is 6.48. The molecule has 1 nitrogen and oxygen atoms in total. The van der Waals surface area contributed by atoms with Gasteiger partial charge in [0, 0.05) is 5.56 Å². The number of para-hydroxylation sites is 1. The summed E-state index contributed by atoms with van der Waals surface area (Å²) in [7, 11) is 0. The van der Waals surface area contributed by atoms with Crippen LogP contribution in [0.25, 0.3) is 21.9 Å². The van der Waals surface area contributed by atoms with E-state index in [-0.39, 0.29) is 5.41 Å². The Kier molecular flexibility index (Phi) is 3.21. The van der Waals surface area contributed by atoms with Crippen molar-refractivity contribution in [3.8, 4) is 16.9 Å². The zero-order chi connectivity index (χ0) is 15.0. The van der Waals surface area contributed by atoms with E-state index in [9.17, 15) is 5.11 Å². The summed E-state index contributed by atoms with van der Waals surface area (Å²) in [6.07, 6.45) is 0. The summed E-state index contributed by atoms with van der Waals surface area (Å²) >= 11 is 0. The van der Waals surface area contributed by atoms with Gasteiger partial charge in [0.05, 0.1) is 0 Å². The summed E-state index contributed by atoms with van der Waals surface area (Å²) in [5, 5.41) is 13.1. The van der Waals surface area contributed by atoms with E-state index in [2.05, 4.69) is 45.0 Å². The summed E-state index contributed by atoms with van der Waals surface area (Å²) in [4.78, 5) is 0. The van der Waals surface area contributed by atoms with Crippen LogP contribution in [0.2, 0.25) is 0 Å². The molecule has 0 saturated carbocycles. The van der Waals surface area contributed by atoms with Gasteiger partial charge in [-0.15, -0.1) is 0 Å². The largest absolute Gasteiger partial charge is 0.507 e. The van der Waals surface area contributed by atoms with Crippen LogP contribution in [0, 0.1) is 0 Å². The molecule has 1 heteroatoms. The van der Waals surface area contributed by atoms with E-state index < -0.39 is 0 Å². The predicted molar refractivity (Wildman–Crippen MR) is 89.7 cm³/mol. The molecule has 0 atom stereocenters. The van der Waals surface area contributed by atoms with Crippen LogP contribution in [0.15, 0.2) is 60.7 Å². The summed E-state index contributed by atoms with van der Waals surface area (Å²) < 4.78 is 0. The van der Waals surface area contributed by atoms with Gasteiger partial charge in [-0.05, 0) is 27.3 Å². The normalized spacial score (nSPS) is 11.8. The van der Waals surface area contributed by atoms with E-state index in [0.29, 0.717) is 5.75 Å². The van der Waals surface area contributed by atoms with Gasteiger partial charge in [-0.2, -0.15) is 0 Å². The van der Waals surface area contributed by atoms with Crippen LogP contribution >= 0.6 is 0 Å². The Morgan fingerprint density at radius 3 is 2.10 bits per heavy atom. The molecule has 3 aromatic rings. The molecular formula is C20H20O. The Balaban J connectivity index is 2.29. The molecule has 3 aromatic carbocycles. The first kappa shape index (κ1) is 13.7. The van der Waals surface area contributed by atoms with Gasteiger partial charge in [0.2, 0.25) is 0 Å². The van der Waals surface area contributed by atoms with Crippen LogP contribution in [0.4, 0.5) is 0 Å². The molecule has 21 heavy (non-hydrogen) atoms. The number of aromatic hydroxyl groups is 1. The average Bonchev–Trinajstić information content (AvgIpc) is 2.46. The third-order valence-electron chi connectivity index (χ3n) is 3.92. The molecule has 0 unspecified atom stereocenters. The highest BCUT2D eigenvalue weighted by Gasteiger charge is 2.20. The van der Waals surface area contributed by atoms with Gasteiger partial charge in [0.25, 0.3) is 0 Å². The van der Waals surface area contributed by atoms with Crippen LogP contribution < -0.4 is 0 Å². The monoisotopic (exact) mass is 276 g/mol. The van der Waals surface area contributed by atoms with Crippen LogP contribution in [0.3, 0.4) is 0 Å². The van der Waals surface area contributed by atoms with Crippen LogP contribution in [-0.4, -0.2) is 5.11 Å². The molecular weight excluding hydrogens is 256 g/mol. The van der Waals surface area contributed by atoms with E-state index in [0.717, 1.165) is 16.7 Å². The first-order valence-corrected chi connectivity index (χ1v) is 7.29. The van der Waals surface area contributed by atoms with Gasteiger partial charge in [-0.25, -0.2) is 0 Å². The molecule has 0 saturated heterocycles. The van der Waals surface area contributed by atoms with Gasteiger partial charge >= 0.3 is 0 Å². The number of fused-ring (bicyclic) bond motifs is 1. The molecule has 0 aliphatic carbocycles. The van der Waals surface area contributed by atoms with Crippen molar-refractivity contribution in [2.45, 2.75) is 26.2 Å². The number of hydrogen-bond donors (Lipinski definition) is 1. The van der Waals surface area contributed by atoms with Gasteiger partial charge in [0.1, 0.15) is 5.75 Å². The van der Waals surface area contributed by atoms with Crippen LogP contribution in [-0.2, 0) is 5.41 Å². The van der Waals surface area contributed by atoms with Crippen molar-refractivity contribution in [2.75, 3.05) is 0 Å². The topological polar surface area (TPSA) is 20.2 Å². The van der Waals surface area contributed by atoms with Crippen molar-refractivity contribution in [3.05, 3.63) is 66.2 Å². The van der Waals surface area contributed by atoms with E-state index in [1.165, 1.54) is 10.8 Å². The second-order valence-electron chi connectivity index (χ2n) is 6.48. The third kappa shape index (κ3) is 2.40. The summed E-state index contributed by atoms with van der Waals surface area (Å²) in [5.41, 5.74) is 2.88. The van der Waals surface area contributed by atoms with E-state index in [1.54, 1.807) is 0 Å². The molecule has 0 aliphatic heterocycles. The number of benzene rings is 3. The van der Waals surface area contributed by atoms with Crippen molar-refractivity contribution in [2.24, 2.45) is 0 Å². The van der Waals surface area contributed by atoms with Gasteiger partial charge in [-0.3, -0.25) is 0 Å². The highest BCUT2D eigenvalue weighted by Crippen LogP contribution is 2.40. The van der Waals surface area contributed by atoms with Crippen molar-refractivity contribution >= 4 is 10.8 Å². The fourth-order valence-corrected chi connectivity index (χ4v) is 2.83. The SMILES string of the molecule is CC(C)(C)c1cccc(-c2cccc3ccccc23)c1O. The van der Waals surface area contributed by atoms with Crippen molar-refractivity contribution in [1.29, 1.82) is 0 Å². The highest BCUT2D eigenvalue weighted by atomic mass is 16.3. The zero-order valence-electron chi connectivity index (χ0n) is 12.7. The lowest BCUT2D eigenvalue weighted by Gasteiger charge is -2.22. The van der Waals surface area contributed by atoms with Gasteiger partial charge in [0.15, 0.2) is 0 Å². The Morgan fingerprint density at radius 1 is 0.714 bits per heavy atom. The molecule has 0 heterocycles. The van der Waals surface area contributed by atoms with Crippen LogP contribution in [0.1, 0.15) is 26.3 Å². The van der Waals surface area contributed by atoms with Gasteiger partial charge < -0.3 is 5.11 Å². The number of hydrogen-bond acceptors (Lipinski definition) is 1. The number of phenolic OH excluding ortho intramolecular Hbond substituents is 1. The average molecular weight is 276 g/mol. The molecule has 0 aromatic heterocycles. The molecule has 0 spiro atoms. The lowest BCUT2D eigenvalue weighted by molar-refractivity contribution is 0.448. The molecule has 3 rings (SSSR count). The standard InChI is InChI=1S/C20H20O/c1-20(2,3)18-13-7-12-17(19(18)21)16-11-6-9-14-8-4-5-10-15(14)16/h4-13,21H,1-3H3. The van der Waals surface area contributed by atoms with Crippen molar-refractivity contribution in [3.63, 3.8) is 0 Å². The Morgan fingerprint density at radius 2 is 1.33 bits per heavy atom. The molecule has 106 valence electrons. The predicted octanol–water partition coefficient (Wildman–Crippen LogP) is 5.51. The Hall–Kier alpha value is -2.28. The minimum Gasteiger partial charge on any atom is -0.507 e. The summed E-state index contributed by atoms with van der Waals surface area (Å²) in [5.74, 6) is 0.390. The van der Waals surface area contributed by atoms with E-state index in [4.69, 9.17) is 0 Å². The highest BCUT2D eigenvalue weighted by molar-refractivity contribution is 5.98. The minimum absolute atomic E-state index is 0.0787. The van der Waals surface area contributed by atoms with E-state index >= 15 is 0 Å². The maximum atomic E-state index is 10.7. The molecule has 0 amide bonds. The minimum atomic E-state index is -0.0787. The second kappa shape index (κ2) is 4.92. The first-order valence-electron chi connectivity index (χ1n) is 7.29. The molecule has 1 N–H and O–H groups in total. The maximum absolute atomic E-state index is 10.7. The molecule has 0 aliphatic rings. The summed E-state index contributed by atoms with van der Waals surface area (Å²) in [6.45, 7) is 6.36. The van der Waals surface area contributed by atoms with Crippen molar-refractivity contribution < 1.29 is 5.11 Å². The Bertz CT molecular complexity index is 789. The first-order chi connectivity index (χ1) is 9.98. The molecule has 0 fully saturated rings. The van der Waals surface area contributed by atoms with E-state index in [1.807, 2.05) is 36.4 Å². The Labute approximate surface area is 125 Å². The fourth-order valence-electron chi connectivity index (χ4n) is 2.83. The molecule has 0 bridgehead atoms. The lowest BCUT2D eigenvalue weighted by atomic mass is 9.84. The van der Waals surface area contributed by atoms with Crippen LogP contribution in [0.5, 0.6) is 5.75 Å². The quantitative estimate of drug-likeness (QED) is 0.621. The van der Waals surface area contributed by atoms with Gasteiger partial charge in [-0.1, -0.05) is 81.4 Å². The third-order valence-corrected chi connectivity index (χ3v) is 3.92.